The van der Waals surface area contributed by atoms with Gasteiger partial charge in [-0.2, -0.15) is 0 Å². The van der Waals surface area contributed by atoms with E-state index in [1.807, 2.05) is 45.9 Å². The summed E-state index contributed by atoms with van der Waals surface area (Å²) in [7, 11) is 0. The van der Waals surface area contributed by atoms with Crippen LogP contribution in [-0.4, -0.2) is 29.6 Å². The van der Waals surface area contributed by atoms with E-state index in [0.29, 0.717) is 12.1 Å². The summed E-state index contributed by atoms with van der Waals surface area (Å²) in [5.41, 5.74) is 1.49. The fourth-order valence-electron chi connectivity index (χ4n) is 1.96. The summed E-state index contributed by atoms with van der Waals surface area (Å²) in [6.45, 7) is 7.92. The van der Waals surface area contributed by atoms with Gasteiger partial charge in [0.15, 0.2) is 0 Å². The Bertz CT molecular complexity index is 567. The first-order valence-electron chi connectivity index (χ1n) is 8.23. The first-order valence-corrected chi connectivity index (χ1v) is 8.23. The number of nitrogens with one attached hydrogen (secondary N) is 2. The van der Waals surface area contributed by atoms with Crippen molar-refractivity contribution in [3.8, 4) is 0 Å². The van der Waals surface area contributed by atoms with Crippen LogP contribution in [0.5, 0.6) is 0 Å². The first kappa shape index (κ1) is 19.9. The topological polar surface area (TPSA) is 78.4 Å². The first-order chi connectivity index (χ1) is 11.2. The van der Waals surface area contributed by atoms with E-state index in [2.05, 4.69) is 10.6 Å². The third kappa shape index (κ3) is 7.92. The van der Waals surface area contributed by atoms with Gasteiger partial charge in [-0.05, 0) is 35.6 Å². The van der Waals surface area contributed by atoms with Crippen molar-refractivity contribution in [1.29, 1.82) is 0 Å². The largest absolute Gasteiger partial charge is 0.394 e. The molecule has 1 aromatic carbocycles. The molecule has 0 aromatic heterocycles. The van der Waals surface area contributed by atoms with Gasteiger partial charge < -0.3 is 15.7 Å². The number of aliphatic hydroxyl groups is 1. The second-order valence-corrected chi connectivity index (χ2v) is 6.92. The van der Waals surface area contributed by atoms with Crippen LogP contribution in [0.1, 0.15) is 39.7 Å². The number of aliphatic hydroxyl groups excluding tert-OH is 1. The van der Waals surface area contributed by atoms with Crippen molar-refractivity contribution in [3.05, 3.63) is 42.0 Å². The number of carbonyl (C=O) groups excluding carboxylic acids is 2. The Hall–Kier alpha value is -2.14. The van der Waals surface area contributed by atoms with E-state index in [1.165, 1.54) is 6.08 Å². The van der Waals surface area contributed by atoms with Gasteiger partial charge in [0.1, 0.15) is 0 Å². The number of rotatable bonds is 7. The predicted octanol–water partition coefficient (Wildman–Crippen LogP) is 2.66. The number of hydrogen-bond acceptors (Lipinski definition) is 3. The second kappa shape index (κ2) is 9.23. The van der Waals surface area contributed by atoms with Crippen molar-refractivity contribution in [2.24, 2.45) is 5.41 Å². The molecule has 0 spiro atoms. The molecule has 132 valence electrons. The second-order valence-electron chi connectivity index (χ2n) is 6.92. The Balaban J connectivity index is 2.55. The van der Waals surface area contributed by atoms with Crippen LogP contribution in [0.2, 0.25) is 0 Å². The maximum atomic E-state index is 11.9. The zero-order valence-corrected chi connectivity index (χ0v) is 14.9. The summed E-state index contributed by atoms with van der Waals surface area (Å²) >= 11 is 0. The Morgan fingerprint density at radius 1 is 1.21 bits per heavy atom. The van der Waals surface area contributed by atoms with Crippen LogP contribution in [-0.2, 0) is 16.0 Å². The van der Waals surface area contributed by atoms with E-state index in [4.69, 9.17) is 5.11 Å². The van der Waals surface area contributed by atoms with Crippen LogP contribution in [0, 0.1) is 5.41 Å². The summed E-state index contributed by atoms with van der Waals surface area (Å²) in [4.78, 5) is 23.7. The number of carbonyl (C=O) groups is 2. The lowest BCUT2D eigenvalue weighted by molar-refractivity contribution is -0.121. The van der Waals surface area contributed by atoms with Gasteiger partial charge in [-0.1, -0.05) is 45.9 Å². The molecule has 1 unspecified atom stereocenters. The zero-order chi connectivity index (χ0) is 18.2. The standard InChI is InChI=1S/C19H28N2O3/c1-5-15(13-22)20-18(24)12-14-6-8-16(9-7-14)21-17(23)10-11-19(2,3)4/h6-11,15,22H,5,12-13H2,1-4H3,(H,20,24)(H,21,23)/b11-10+. The van der Waals surface area contributed by atoms with E-state index in [0.717, 1.165) is 5.56 Å². The van der Waals surface area contributed by atoms with Gasteiger partial charge in [0.2, 0.25) is 11.8 Å². The monoisotopic (exact) mass is 332 g/mol. The number of amides is 2. The van der Waals surface area contributed by atoms with E-state index in [1.54, 1.807) is 12.1 Å². The molecule has 5 nitrogen and oxygen atoms in total. The fraction of sp³-hybridized carbons (Fsp3) is 0.474. The molecule has 0 heterocycles. The van der Waals surface area contributed by atoms with Crippen molar-refractivity contribution >= 4 is 17.5 Å². The number of anilines is 1. The van der Waals surface area contributed by atoms with Gasteiger partial charge in [-0.25, -0.2) is 0 Å². The highest BCUT2D eigenvalue weighted by Crippen LogP contribution is 2.15. The Morgan fingerprint density at radius 3 is 2.33 bits per heavy atom. The molecule has 2 amide bonds. The van der Waals surface area contributed by atoms with E-state index in [9.17, 15) is 9.59 Å². The molecular formula is C19H28N2O3. The van der Waals surface area contributed by atoms with Crippen LogP contribution >= 0.6 is 0 Å². The molecule has 0 aliphatic heterocycles. The lowest BCUT2D eigenvalue weighted by Crippen LogP contribution is -2.37. The van der Waals surface area contributed by atoms with E-state index < -0.39 is 0 Å². The van der Waals surface area contributed by atoms with Crippen LogP contribution in [0.25, 0.3) is 0 Å². The summed E-state index contributed by atoms with van der Waals surface area (Å²) in [5, 5.41) is 14.7. The highest BCUT2D eigenvalue weighted by atomic mass is 16.3. The van der Waals surface area contributed by atoms with Crippen molar-refractivity contribution in [2.75, 3.05) is 11.9 Å². The van der Waals surface area contributed by atoms with Gasteiger partial charge >= 0.3 is 0 Å². The molecule has 0 radical (unpaired) electrons. The highest BCUT2D eigenvalue weighted by Gasteiger charge is 2.10. The molecule has 0 saturated heterocycles. The minimum absolute atomic E-state index is 0.0422. The lowest BCUT2D eigenvalue weighted by atomic mass is 9.96. The minimum Gasteiger partial charge on any atom is -0.394 e. The van der Waals surface area contributed by atoms with Gasteiger partial charge in [0.25, 0.3) is 0 Å². The average molecular weight is 332 g/mol. The quantitative estimate of drug-likeness (QED) is 0.672. The molecule has 3 N–H and O–H groups in total. The van der Waals surface area contributed by atoms with Gasteiger partial charge in [0, 0.05) is 5.69 Å². The Labute approximate surface area is 144 Å². The Kier molecular flexibility index (Phi) is 7.65. The van der Waals surface area contributed by atoms with Crippen molar-refractivity contribution in [2.45, 2.75) is 46.6 Å². The molecular weight excluding hydrogens is 304 g/mol. The maximum absolute atomic E-state index is 11.9. The number of benzene rings is 1. The maximum Gasteiger partial charge on any atom is 0.248 e. The van der Waals surface area contributed by atoms with Crippen molar-refractivity contribution in [1.82, 2.24) is 5.32 Å². The van der Waals surface area contributed by atoms with E-state index in [-0.39, 0.29) is 36.3 Å². The predicted molar refractivity (Wildman–Crippen MR) is 96.7 cm³/mol. The molecule has 0 saturated carbocycles. The van der Waals surface area contributed by atoms with Crippen LogP contribution < -0.4 is 10.6 Å². The molecule has 0 aliphatic carbocycles. The summed E-state index contributed by atoms with van der Waals surface area (Å²) in [6.07, 6.45) is 4.32. The number of allylic oxidation sites excluding steroid dienone is 1. The van der Waals surface area contributed by atoms with Gasteiger partial charge in [-0.15, -0.1) is 0 Å². The van der Waals surface area contributed by atoms with E-state index >= 15 is 0 Å². The van der Waals surface area contributed by atoms with Crippen molar-refractivity contribution in [3.63, 3.8) is 0 Å². The summed E-state index contributed by atoms with van der Waals surface area (Å²) in [5.74, 6) is -0.301. The highest BCUT2D eigenvalue weighted by molar-refractivity contribution is 5.99. The van der Waals surface area contributed by atoms with Crippen LogP contribution in [0.3, 0.4) is 0 Å². The molecule has 24 heavy (non-hydrogen) atoms. The lowest BCUT2D eigenvalue weighted by Gasteiger charge is -2.14. The fourth-order valence-corrected chi connectivity index (χ4v) is 1.96. The zero-order valence-electron chi connectivity index (χ0n) is 14.9. The molecule has 1 aromatic rings. The van der Waals surface area contributed by atoms with Gasteiger partial charge in [-0.3, -0.25) is 9.59 Å². The molecule has 0 fully saturated rings. The number of hydrogen-bond donors (Lipinski definition) is 3. The third-order valence-electron chi connectivity index (χ3n) is 3.40. The summed E-state index contributed by atoms with van der Waals surface area (Å²) < 4.78 is 0. The normalized spacial score (nSPS) is 12.9. The average Bonchev–Trinajstić information content (AvgIpc) is 2.52. The summed E-state index contributed by atoms with van der Waals surface area (Å²) in [6, 6.07) is 6.96. The van der Waals surface area contributed by atoms with Crippen LogP contribution in [0.4, 0.5) is 5.69 Å². The van der Waals surface area contributed by atoms with Gasteiger partial charge in [0.05, 0.1) is 19.1 Å². The molecule has 5 heteroatoms. The Morgan fingerprint density at radius 2 is 1.83 bits per heavy atom. The van der Waals surface area contributed by atoms with Crippen LogP contribution in [0.15, 0.2) is 36.4 Å². The molecule has 1 atom stereocenters. The molecule has 1 rings (SSSR count). The van der Waals surface area contributed by atoms with Crippen molar-refractivity contribution < 1.29 is 14.7 Å². The minimum atomic E-state index is -0.203. The smallest absolute Gasteiger partial charge is 0.248 e. The molecule has 0 aliphatic rings. The third-order valence-corrected chi connectivity index (χ3v) is 3.40. The SMILES string of the molecule is CCC(CO)NC(=O)Cc1ccc(NC(=O)/C=C/C(C)(C)C)cc1. The molecule has 0 bridgehead atoms.